The minimum absolute atomic E-state index is 0.109. The molecular formula is C11H15NO3S. The van der Waals surface area contributed by atoms with E-state index in [4.69, 9.17) is 15.2 Å². The van der Waals surface area contributed by atoms with Gasteiger partial charge < -0.3 is 15.2 Å². The first-order chi connectivity index (χ1) is 7.74. The minimum atomic E-state index is -0.377. The van der Waals surface area contributed by atoms with Crippen molar-refractivity contribution in [2.75, 3.05) is 31.0 Å². The maximum atomic E-state index is 11.2. The van der Waals surface area contributed by atoms with Crippen LogP contribution in [0.3, 0.4) is 0 Å². The summed E-state index contributed by atoms with van der Waals surface area (Å²) in [5, 5.41) is 0. The number of rotatable bonds is 6. The largest absolute Gasteiger partial charge is 0.480 e. The summed E-state index contributed by atoms with van der Waals surface area (Å²) in [6, 6.07) is 7.03. The van der Waals surface area contributed by atoms with Crippen LogP contribution in [0, 0.1) is 0 Å². The second-order valence-electron chi connectivity index (χ2n) is 3.04. The van der Waals surface area contributed by atoms with Crippen LogP contribution in [0.15, 0.2) is 24.3 Å². The highest BCUT2D eigenvalue weighted by molar-refractivity contribution is 7.98. The van der Waals surface area contributed by atoms with Crippen molar-refractivity contribution < 1.29 is 14.3 Å². The van der Waals surface area contributed by atoms with Gasteiger partial charge in [-0.25, -0.2) is 4.79 Å². The molecule has 0 spiro atoms. The van der Waals surface area contributed by atoms with Gasteiger partial charge in [-0.05, 0) is 18.4 Å². The van der Waals surface area contributed by atoms with E-state index in [9.17, 15) is 4.79 Å². The Bertz CT molecular complexity index is 344. The Labute approximate surface area is 99.1 Å². The van der Waals surface area contributed by atoms with Crippen molar-refractivity contribution in [3.63, 3.8) is 0 Å². The third-order valence-corrected chi connectivity index (χ3v) is 2.39. The van der Waals surface area contributed by atoms with Gasteiger partial charge in [0.1, 0.15) is 12.4 Å². The molecule has 0 bridgehead atoms. The molecule has 5 heteroatoms. The Kier molecular flexibility index (Phi) is 5.56. The molecule has 0 radical (unpaired) electrons. The van der Waals surface area contributed by atoms with E-state index in [2.05, 4.69) is 0 Å². The molecule has 0 aliphatic carbocycles. The second-order valence-corrected chi connectivity index (χ2v) is 4.03. The van der Waals surface area contributed by atoms with Gasteiger partial charge in [0, 0.05) is 5.75 Å². The van der Waals surface area contributed by atoms with Gasteiger partial charge in [0.2, 0.25) is 0 Å². The summed E-state index contributed by atoms with van der Waals surface area (Å²) in [5.41, 5.74) is 6.16. The first-order valence-electron chi connectivity index (χ1n) is 4.86. The predicted octanol–water partition coefficient (Wildman–Crippen LogP) is 1.55. The number of carbonyl (C=O) groups is 1. The van der Waals surface area contributed by atoms with Gasteiger partial charge in [0.05, 0.1) is 5.69 Å². The van der Waals surface area contributed by atoms with Crippen molar-refractivity contribution in [2.45, 2.75) is 0 Å². The fraction of sp³-hybridized carbons (Fsp3) is 0.364. The number of carbonyl (C=O) groups excluding carboxylic acids is 1. The second kappa shape index (κ2) is 7.00. The van der Waals surface area contributed by atoms with Crippen molar-refractivity contribution in [2.24, 2.45) is 0 Å². The van der Waals surface area contributed by atoms with Crippen LogP contribution in [0.5, 0.6) is 5.75 Å². The van der Waals surface area contributed by atoms with Gasteiger partial charge in [0.25, 0.3) is 0 Å². The van der Waals surface area contributed by atoms with Crippen LogP contribution in [0.4, 0.5) is 5.69 Å². The predicted molar refractivity (Wildman–Crippen MR) is 65.7 cm³/mol. The van der Waals surface area contributed by atoms with E-state index in [1.54, 1.807) is 36.0 Å². The van der Waals surface area contributed by atoms with Gasteiger partial charge in [-0.15, -0.1) is 0 Å². The lowest BCUT2D eigenvalue weighted by Crippen LogP contribution is -2.16. The van der Waals surface area contributed by atoms with E-state index >= 15 is 0 Å². The Morgan fingerprint density at radius 3 is 2.88 bits per heavy atom. The van der Waals surface area contributed by atoms with Crippen LogP contribution >= 0.6 is 11.8 Å². The number of nitrogens with two attached hydrogens (primary N) is 1. The fourth-order valence-corrected chi connectivity index (χ4v) is 1.28. The fourth-order valence-electron chi connectivity index (χ4n) is 1.03. The average molecular weight is 241 g/mol. The number of ether oxygens (including phenoxy) is 2. The summed E-state index contributed by atoms with van der Waals surface area (Å²) < 4.78 is 10.1. The number of anilines is 1. The van der Waals surface area contributed by atoms with Crippen LogP contribution in [0.2, 0.25) is 0 Å². The van der Waals surface area contributed by atoms with Crippen LogP contribution in [-0.2, 0) is 9.53 Å². The quantitative estimate of drug-likeness (QED) is 0.465. The number of hydrogen-bond acceptors (Lipinski definition) is 5. The van der Waals surface area contributed by atoms with E-state index in [0.717, 1.165) is 5.75 Å². The SMILES string of the molecule is CSCCOC(=O)COc1ccccc1N. The number of benzene rings is 1. The van der Waals surface area contributed by atoms with E-state index in [0.29, 0.717) is 18.0 Å². The highest BCUT2D eigenvalue weighted by atomic mass is 32.2. The molecule has 0 atom stereocenters. The van der Waals surface area contributed by atoms with Crippen LogP contribution in [0.1, 0.15) is 0 Å². The summed E-state index contributed by atoms with van der Waals surface area (Å²) in [6.07, 6.45) is 1.95. The molecule has 0 saturated carbocycles. The van der Waals surface area contributed by atoms with Gasteiger partial charge in [-0.2, -0.15) is 11.8 Å². The van der Waals surface area contributed by atoms with E-state index in [1.807, 2.05) is 6.26 Å². The zero-order valence-electron chi connectivity index (χ0n) is 9.14. The Morgan fingerprint density at radius 2 is 2.19 bits per heavy atom. The maximum Gasteiger partial charge on any atom is 0.344 e. The van der Waals surface area contributed by atoms with Gasteiger partial charge >= 0.3 is 5.97 Å². The highest BCUT2D eigenvalue weighted by Gasteiger charge is 2.05. The molecule has 0 heterocycles. The number of para-hydroxylation sites is 2. The molecule has 0 aromatic heterocycles. The van der Waals surface area contributed by atoms with Crippen LogP contribution in [0.25, 0.3) is 0 Å². The Balaban J connectivity index is 2.29. The molecule has 0 saturated heterocycles. The first-order valence-corrected chi connectivity index (χ1v) is 6.25. The summed E-state index contributed by atoms with van der Waals surface area (Å²) in [6.45, 7) is 0.302. The summed E-state index contributed by atoms with van der Waals surface area (Å²) >= 11 is 1.62. The molecule has 0 aliphatic heterocycles. The van der Waals surface area contributed by atoms with Gasteiger partial charge in [-0.3, -0.25) is 0 Å². The van der Waals surface area contributed by atoms with Crippen molar-refractivity contribution in [3.8, 4) is 5.75 Å². The first kappa shape index (κ1) is 12.7. The Hall–Kier alpha value is -1.36. The summed E-state index contributed by atoms with van der Waals surface area (Å²) in [5.74, 6) is 0.917. The minimum Gasteiger partial charge on any atom is -0.480 e. The van der Waals surface area contributed by atoms with Crippen molar-refractivity contribution in [1.29, 1.82) is 0 Å². The standard InChI is InChI=1S/C11H15NO3S/c1-16-7-6-14-11(13)8-15-10-5-3-2-4-9(10)12/h2-5H,6-8,12H2,1H3. The highest BCUT2D eigenvalue weighted by Crippen LogP contribution is 2.19. The molecule has 1 aromatic carbocycles. The molecule has 0 fully saturated rings. The maximum absolute atomic E-state index is 11.2. The smallest absolute Gasteiger partial charge is 0.344 e. The van der Waals surface area contributed by atoms with Gasteiger partial charge in [-0.1, -0.05) is 12.1 Å². The lowest BCUT2D eigenvalue weighted by Gasteiger charge is -2.08. The third-order valence-electron chi connectivity index (χ3n) is 1.82. The lowest BCUT2D eigenvalue weighted by molar-refractivity contribution is -0.145. The van der Waals surface area contributed by atoms with Crippen LogP contribution < -0.4 is 10.5 Å². The number of hydrogen-bond donors (Lipinski definition) is 1. The van der Waals surface area contributed by atoms with E-state index in [1.165, 1.54) is 0 Å². The van der Waals surface area contributed by atoms with Gasteiger partial charge in [0.15, 0.2) is 6.61 Å². The molecule has 0 unspecified atom stereocenters. The molecular weight excluding hydrogens is 226 g/mol. The summed E-state index contributed by atoms with van der Waals surface area (Å²) in [7, 11) is 0. The van der Waals surface area contributed by atoms with Crippen LogP contribution in [-0.4, -0.2) is 31.2 Å². The van der Waals surface area contributed by atoms with Crippen molar-refractivity contribution >= 4 is 23.4 Å². The summed E-state index contributed by atoms with van der Waals surface area (Å²) in [4.78, 5) is 11.2. The number of nitrogen functional groups attached to an aromatic ring is 1. The monoisotopic (exact) mass is 241 g/mol. The molecule has 4 nitrogen and oxygen atoms in total. The van der Waals surface area contributed by atoms with Crippen molar-refractivity contribution in [1.82, 2.24) is 0 Å². The molecule has 16 heavy (non-hydrogen) atoms. The molecule has 0 aliphatic rings. The Morgan fingerprint density at radius 1 is 1.44 bits per heavy atom. The third kappa shape index (κ3) is 4.44. The van der Waals surface area contributed by atoms with E-state index < -0.39 is 0 Å². The molecule has 1 aromatic rings. The van der Waals surface area contributed by atoms with Crippen molar-refractivity contribution in [3.05, 3.63) is 24.3 Å². The zero-order chi connectivity index (χ0) is 11.8. The zero-order valence-corrected chi connectivity index (χ0v) is 9.96. The molecule has 2 N–H and O–H groups in total. The normalized spacial score (nSPS) is 9.81. The molecule has 0 amide bonds. The van der Waals surface area contributed by atoms with E-state index in [-0.39, 0.29) is 12.6 Å². The average Bonchev–Trinajstić information content (AvgIpc) is 2.28. The molecule has 88 valence electrons. The number of thioether (sulfide) groups is 1. The topological polar surface area (TPSA) is 61.5 Å². The lowest BCUT2D eigenvalue weighted by atomic mass is 10.3. The molecule has 1 rings (SSSR count). The number of esters is 1.